The topological polar surface area (TPSA) is 117 Å². The zero-order valence-corrected chi connectivity index (χ0v) is 28.8. The molecule has 1 amide bonds. The van der Waals surface area contributed by atoms with Gasteiger partial charge in [0.1, 0.15) is 34.5 Å². The van der Waals surface area contributed by atoms with Crippen molar-refractivity contribution in [2.24, 2.45) is 0 Å². The lowest BCUT2D eigenvalue weighted by molar-refractivity contribution is -0.0500. The molecule has 4 heterocycles. The lowest BCUT2D eigenvalue weighted by Crippen LogP contribution is -2.39. The molecule has 47 heavy (non-hydrogen) atoms. The number of nitrogens with zero attached hydrogens (tertiary/aromatic N) is 3. The summed E-state index contributed by atoms with van der Waals surface area (Å²) in [6.45, 7) is 9.96. The van der Waals surface area contributed by atoms with Crippen molar-refractivity contribution in [1.82, 2.24) is 14.9 Å². The molecule has 0 aliphatic carbocycles. The van der Waals surface area contributed by atoms with Crippen LogP contribution < -0.4 is 8.92 Å². The average molecular weight is 720 g/mol. The van der Waals surface area contributed by atoms with Crippen LogP contribution in [-0.2, 0) is 32.6 Å². The quantitative estimate of drug-likeness (QED) is 0.0778. The maximum Gasteiger partial charge on any atom is 0.534 e. The Balaban J connectivity index is 0.00000245. The molecule has 10 nitrogen and oxygen atoms in total. The molecular weight excluding hydrogens is 687 g/mol. The zero-order chi connectivity index (χ0) is 34.7. The molecule has 4 aromatic rings. The highest BCUT2D eigenvalue weighted by Gasteiger charge is 2.49. The van der Waals surface area contributed by atoms with E-state index in [9.17, 15) is 30.8 Å². The van der Waals surface area contributed by atoms with Crippen molar-refractivity contribution in [3.63, 3.8) is 0 Å². The number of thiazole rings is 1. The summed E-state index contributed by atoms with van der Waals surface area (Å²) in [4.78, 5) is 23.9. The number of fused-ring (bicyclic) bond motifs is 2. The second-order valence-electron chi connectivity index (χ2n) is 10.8. The molecule has 0 saturated heterocycles. The third-order valence-corrected chi connectivity index (χ3v) is 9.35. The van der Waals surface area contributed by atoms with E-state index in [2.05, 4.69) is 9.17 Å². The van der Waals surface area contributed by atoms with Crippen molar-refractivity contribution in [2.45, 2.75) is 58.7 Å². The van der Waals surface area contributed by atoms with Gasteiger partial charge < -0.3 is 23.3 Å². The molecule has 3 aromatic heterocycles. The number of hydrogen-bond acceptors (Lipinski definition) is 11. The van der Waals surface area contributed by atoms with E-state index in [4.69, 9.17) is 19.2 Å². The number of rotatable bonds is 8. The summed E-state index contributed by atoms with van der Waals surface area (Å²) >= 11 is 2.22. The molecule has 0 spiro atoms. The van der Waals surface area contributed by atoms with Crippen LogP contribution in [0.15, 0.2) is 29.6 Å². The normalized spacial score (nSPS) is 13.5. The highest BCUT2D eigenvalue weighted by molar-refractivity contribution is 7.88. The molecule has 0 atom stereocenters. The second-order valence-corrected chi connectivity index (χ2v) is 14.3. The van der Waals surface area contributed by atoms with Crippen molar-refractivity contribution in [2.75, 3.05) is 26.9 Å². The number of hydrogen-bond donors (Lipinski definition) is 0. The summed E-state index contributed by atoms with van der Waals surface area (Å²) in [6, 6.07) is 5.15. The fraction of sp³-hybridized carbons (Fsp3) is 0.433. The van der Waals surface area contributed by atoms with Crippen LogP contribution in [0.5, 0.6) is 11.6 Å². The molecule has 0 N–H and O–H groups in total. The summed E-state index contributed by atoms with van der Waals surface area (Å²) in [7, 11) is -4.61. The van der Waals surface area contributed by atoms with E-state index in [1.807, 2.05) is 13.8 Å². The number of thiophene rings is 1. The van der Waals surface area contributed by atoms with Crippen LogP contribution in [0.3, 0.4) is 0 Å². The number of pyridine rings is 1. The van der Waals surface area contributed by atoms with Gasteiger partial charge in [0, 0.05) is 46.8 Å². The molecule has 256 valence electrons. The van der Waals surface area contributed by atoms with Crippen LogP contribution in [-0.4, -0.2) is 67.4 Å². The number of methoxy groups -OCH3 is 1. The van der Waals surface area contributed by atoms with Gasteiger partial charge in [0.15, 0.2) is 0 Å². The summed E-state index contributed by atoms with van der Waals surface area (Å²) < 4.78 is 99.8. The van der Waals surface area contributed by atoms with Gasteiger partial charge in [-0.1, -0.05) is 13.8 Å². The lowest BCUT2D eigenvalue weighted by Gasteiger charge is -2.29. The predicted molar refractivity (Wildman–Crippen MR) is 171 cm³/mol. The highest BCUT2D eigenvalue weighted by Crippen LogP contribution is 2.48. The van der Waals surface area contributed by atoms with E-state index in [0.29, 0.717) is 39.4 Å². The van der Waals surface area contributed by atoms with Crippen LogP contribution in [0.4, 0.5) is 22.4 Å². The van der Waals surface area contributed by atoms with Gasteiger partial charge in [0.05, 0.1) is 24.2 Å². The van der Waals surface area contributed by atoms with Crippen LogP contribution in [0, 0.1) is 5.82 Å². The van der Waals surface area contributed by atoms with Gasteiger partial charge in [-0.2, -0.15) is 21.6 Å². The Hall–Kier alpha value is -3.54. The molecule has 17 heteroatoms. The monoisotopic (exact) mass is 719 g/mol. The smallest absolute Gasteiger partial charge is 0.490 e. The molecule has 0 fully saturated rings. The minimum Gasteiger partial charge on any atom is -0.490 e. The van der Waals surface area contributed by atoms with E-state index >= 15 is 0 Å². The van der Waals surface area contributed by atoms with Crippen LogP contribution in [0.25, 0.3) is 31.9 Å². The third-order valence-electron chi connectivity index (χ3n) is 6.39. The van der Waals surface area contributed by atoms with Crippen LogP contribution in [0.2, 0.25) is 0 Å². The maximum absolute atomic E-state index is 14.4. The average Bonchev–Trinajstić information content (AvgIpc) is 3.65. The third kappa shape index (κ3) is 8.13. The van der Waals surface area contributed by atoms with Crippen molar-refractivity contribution < 1.29 is 49.2 Å². The van der Waals surface area contributed by atoms with Crippen molar-refractivity contribution in [1.29, 1.82) is 0 Å². The number of alkyl halides is 3. The Kier molecular flexibility index (Phi) is 11.0. The summed E-state index contributed by atoms with van der Waals surface area (Å²) in [5.41, 5.74) is -5.15. The molecular formula is C30H33F4N3O7S3. The fourth-order valence-electron chi connectivity index (χ4n) is 4.45. The predicted octanol–water partition coefficient (Wildman–Crippen LogP) is 7.80. The molecule has 0 bridgehead atoms. The first kappa shape index (κ1) is 36.3. The van der Waals surface area contributed by atoms with Gasteiger partial charge in [-0.15, -0.1) is 22.7 Å². The Morgan fingerprint density at radius 3 is 2.47 bits per heavy atom. The Labute approximate surface area is 277 Å². The number of ether oxygens (including phenoxy) is 3. The number of benzene rings is 1. The number of amides is 1. The van der Waals surface area contributed by atoms with Crippen molar-refractivity contribution >= 4 is 49.0 Å². The first-order chi connectivity index (χ1) is 22.1. The SMILES string of the molecule is CC.COCCOc1cc(F)ccc1-c1c(-c2nc3c(s2)CN(C(=O)OC(C)(C)C)CC3)nc(OS(=O)(=O)C(F)(F)F)c2ccsc12. The zero-order valence-electron chi connectivity index (χ0n) is 26.4. The lowest BCUT2D eigenvalue weighted by atomic mass is 10.0. The molecule has 5 rings (SSSR count). The molecule has 1 aliphatic heterocycles. The minimum absolute atomic E-state index is 0.0104. The summed E-state index contributed by atoms with van der Waals surface area (Å²) in [5.74, 6) is -1.31. The van der Waals surface area contributed by atoms with Gasteiger partial charge in [-0.25, -0.2) is 19.2 Å². The molecule has 0 radical (unpaired) electrons. The summed E-state index contributed by atoms with van der Waals surface area (Å²) in [5, 5.41) is 1.74. The Bertz CT molecular complexity index is 1850. The largest absolute Gasteiger partial charge is 0.534 e. The van der Waals surface area contributed by atoms with Crippen LogP contribution in [0.1, 0.15) is 45.2 Å². The Morgan fingerprint density at radius 2 is 1.81 bits per heavy atom. The minimum atomic E-state index is -6.08. The molecule has 0 unspecified atom stereocenters. The van der Waals surface area contributed by atoms with Gasteiger partial charge >= 0.3 is 21.7 Å². The number of aromatic nitrogens is 2. The molecule has 1 aliphatic rings. The fourth-order valence-corrected chi connectivity index (χ4v) is 6.95. The molecule has 0 saturated carbocycles. The van der Waals surface area contributed by atoms with Gasteiger partial charge in [0.25, 0.3) is 0 Å². The maximum atomic E-state index is 14.4. The van der Waals surface area contributed by atoms with Gasteiger partial charge in [0.2, 0.25) is 5.88 Å². The van der Waals surface area contributed by atoms with E-state index in [-0.39, 0.29) is 41.6 Å². The van der Waals surface area contributed by atoms with E-state index in [1.165, 1.54) is 35.6 Å². The van der Waals surface area contributed by atoms with Crippen molar-refractivity contribution in [3.05, 3.63) is 46.0 Å². The number of carbonyl (C=O) groups excluding carboxylic acids is 1. The standard InChI is InChI=1S/C28H27F4N3O7S3.C2H6/c1-27(2,3)41-26(36)35-9-7-18-20(14-35)44-25(33-18)22-21(16-6-5-15(29)13-19(16)40-11-10-39-4)23-17(8-12-43-23)24(34-22)42-45(37,38)28(30,31)32;1-2/h5-6,8,12-13H,7,9-11,14H2,1-4H3;1-2H3. The second kappa shape index (κ2) is 14.3. The van der Waals surface area contributed by atoms with Crippen LogP contribution >= 0.6 is 22.7 Å². The van der Waals surface area contributed by atoms with Gasteiger partial charge in [-0.3, -0.25) is 0 Å². The number of halogens is 4. The van der Waals surface area contributed by atoms with E-state index in [0.717, 1.165) is 28.7 Å². The molecule has 1 aromatic carbocycles. The van der Waals surface area contributed by atoms with E-state index in [1.54, 1.807) is 20.8 Å². The first-order valence-corrected chi connectivity index (χ1v) is 17.5. The number of carbonyl (C=O) groups is 1. The Morgan fingerprint density at radius 1 is 1.09 bits per heavy atom. The first-order valence-electron chi connectivity index (χ1n) is 14.4. The van der Waals surface area contributed by atoms with E-state index < -0.39 is 39.0 Å². The van der Waals surface area contributed by atoms with Gasteiger partial charge in [-0.05, 0) is 44.4 Å². The summed E-state index contributed by atoms with van der Waals surface area (Å²) in [6.07, 6.45) is -0.158. The highest BCUT2D eigenvalue weighted by atomic mass is 32.2. The van der Waals surface area contributed by atoms with Crippen molar-refractivity contribution in [3.8, 4) is 33.5 Å².